The summed E-state index contributed by atoms with van der Waals surface area (Å²) in [5.41, 5.74) is 9.05. The molecule has 9 nitrogen and oxygen atoms in total. The van der Waals surface area contributed by atoms with Crippen LogP contribution in [0, 0.1) is 5.41 Å². The molecule has 0 unspecified atom stereocenters. The zero-order chi connectivity index (χ0) is 23.5. The molecule has 5 N–H and O–H groups in total. The van der Waals surface area contributed by atoms with Crippen molar-refractivity contribution in [3.8, 4) is 5.75 Å². The quantitative estimate of drug-likeness (QED) is 0.320. The zero-order valence-electron chi connectivity index (χ0n) is 18.4. The van der Waals surface area contributed by atoms with E-state index in [9.17, 15) is 4.79 Å². The number of carbonyl (C=O) groups excluding carboxylic acids is 1. The minimum absolute atomic E-state index is 0.0985. The van der Waals surface area contributed by atoms with Crippen LogP contribution < -0.4 is 15.8 Å². The van der Waals surface area contributed by atoms with Crippen molar-refractivity contribution in [1.82, 2.24) is 9.88 Å². The molecular formula is C24H29N5O4. The van der Waals surface area contributed by atoms with Gasteiger partial charge in [-0.1, -0.05) is 6.07 Å². The van der Waals surface area contributed by atoms with E-state index in [4.69, 9.17) is 25.7 Å². The third-order valence-electron chi connectivity index (χ3n) is 5.09. The van der Waals surface area contributed by atoms with E-state index >= 15 is 0 Å². The number of rotatable bonds is 10. The number of anilines is 1. The first kappa shape index (κ1) is 24.1. The topological polar surface area (TPSA) is 134 Å². The predicted molar refractivity (Wildman–Crippen MR) is 128 cm³/mol. The van der Waals surface area contributed by atoms with Crippen molar-refractivity contribution in [3.05, 3.63) is 65.6 Å². The summed E-state index contributed by atoms with van der Waals surface area (Å²) in [4.78, 5) is 18.9. The number of nitrogens with one attached hydrogen (secondary N) is 2. The van der Waals surface area contributed by atoms with E-state index < -0.39 is 0 Å². The molecule has 0 bridgehead atoms. The Morgan fingerprint density at radius 2 is 2.15 bits per heavy atom. The number of ether oxygens (including phenoxy) is 2. The molecule has 1 saturated heterocycles. The molecule has 1 aliphatic rings. The van der Waals surface area contributed by atoms with Gasteiger partial charge in [0.25, 0.3) is 0 Å². The van der Waals surface area contributed by atoms with Crippen molar-refractivity contribution in [1.29, 1.82) is 5.41 Å². The number of allylic oxidation sites excluding steroid dienone is 1. The highest BCUT2D eigenvalue weighted by molar-refractivity contribution is 6.10. The van der Waals surface area contributed by atoms with Crippen molar-refractivity contribution in [2.24, 2.45) is 5.73 Å². The number of aromatic nitrogens is 1. The van der Waals surface area contributed by atoms with Gasteiger partial charge in [-0.2, -0.15) is 0 Å². The second-order valence-corrected chi connectivity index (χ2v) is 7.33. The third kappa shape index (κ3) is 6.98. The number of aliphatic hydroxyl groups is 1. The van der Waals surface area contributed by atoms with E-state index in [1.54, 1.807) is 30.6 Å². The van der Waals surface area contributed by atoms with Gasteiger partial charge in [0, 0.05) is 79.0 Å². The van der Waals surface area contributed by atoms with Gasteiger partial charge in [0.15, 0.2) is 0 Å². The van der Waals surface area contributed by atoms with Gasteiger partial charge < -0.3 is 31.0 Å². The van der Waals surface area contributed by atoms with Crippen LogP contribution in [0.15, 0.2) is 48.9 Å². The number of nitrogens with zero attached hydrogens (tertiary/aromatic N) is 2. The lowest BCUT2D eigenvalue weighted by Gasteiger charge is -2.27. The first-order valence-corrected chi connectivity index (χ1v) is 10.7. The average Bonchev–Trinajstić information content (AvgIpc) is 2.85. The zero-order valence-corrected chi connectivity index (χ0v) is 18.4. The molecule has 2 heterocycles. The van der Waals surface area contributed by atoms with Crippen LogP contribution in [0.2, 0.25) is 0 Å². The van der Waals surface area contributed by atoms with Crippen molar-refractivity contribution in [2.75, 3.05) is 44.8 Å². The van der Waals surface area contributed by atoms with Gasteiger partial charge in [0.05, 0.1) is 19.8 Å². The number of amides is 1. The van der Waals surface area contributed by atoms with E-state index in [0.29, 0.717) is 47.9 Å². The highest BCUT2D eigenvalue weighted by Gasteiger charge is 2.14. The van der Waals surface area contributed by atoms with Crippen molar-refractivity contribution in [3.63, 3.8) is 0 Å². The summed E-state index contributed by atoms with van der Waals surface area (Å²) in [5, 5.41) is 19.5. The molecule has 33 heavy (non-hydrogen) atoms. The Hall–Kier alpha value is -3.53. The Kier molecular flexibility index (Phi) is 9.13. The molecule has 174 valence electrons. The number of morpholine rings is 1. The molecule has 1 amide bonds. The largest absolute Gasteiger partial charge is 0.491 e. The monoisotopic (exact) mass is 451 g/mol. The average molecular weight is 452 g/mol. The van der Waals surface area contributed by atoms with E-state index in [0.717, 1.165) is 24.9 Å². The Morgan fingerprint density at radius 3 is 2.88 bits per heavy atom. The lowest BCUT2D eigenvalue weighted by Crippen LogP contribution is -2.35. The van der Waals surface area contributed by atoms with Crippen LogP contribution in [-0.2, 0) is 16.1 Å². The van der Waals surface area contributed by atoms with Crippen LogP contribution in [0.1, 0.15) is 16.7 Å². The van der Waals surface area contributed by atoms with Crippen molar-refractivity contribution < 1.29 is 19.4 Å². The summed E-state index contributed by atoms with van der Waals surface area (Å²) in [5.74, 6) is 0.294. The lowest BCUT2D eigenvalue weighted by molar-refractivity contribution is -0.111. The second-order valence-electron chi connectivity index (χ2n) is 7.33. The fourth-order valence-electron chi connectivity index (χ4n) is 3.42. The predicted octanol–water partition coefficient (Wildman–Crippen LogP) is 1.89. The fourth-order valence-corrected chi connectivity index (χ4v) is 3.42. The minimum Gasteiger partial charge on any atom is -0.491 e. The number of pyridine rings is 1. The maximum Gasteiger partial charge on any atom is 0.248 e. The third-order valence-corrected chi connectivity index (χ3v) is 5.09. The van der Waals surface area contributed by atoms with Gasteiger partial charge in [0.1, 0.15) is 12.4 Å². The van der Waals surface area contributed by atoms with Gasteiger partial charge in [-0.05, 0) is 23.8 Å². The SMILES string of the molecule is N=C/C(=C\N)c1ccncc1/C=C/C(=O)Nc1ccc(CN2CCOCC2)c(OCCO)c1. The van der Waals surface area contributed by atoms with Gasteiger partial charge >= 0.3 is 0 Å². The molecule has 2 aromatic rings. The Balaban J connectivity index is 1.72. The molecule has 1 fully saturated rings. The van der Waals surface area contributed by atoms with Gasteiger partial charge in [0.2, 0.25) is 5.91 Å². The summed E-state index contributed by atoms with van der Waals surface area (Å²) in [6, 6.07) is 7.24. The molecule has 1 aromatic carbocycles. The summed E-state index contributed by atoms with van der Waals surface area (Å²) >= 11 is 0. The minimum atomic E-state index is -0.327. The maximum absolute atomic E-state index is 12.5. The van der Waals surface area contributed by atoms with E-state index in [1.807, 2.05) is 12.1 Å². The molecule has 1 aromatic heterocycles. The smallest absolute Gasteiger partial charge is 0.248 e. The van der Waals surface area contributed by atoms with Crippen LogP contribution in [0.5, 0.6) is 5.75 Å². The Bertz CT molecular complexity index is 1020. The highest BCUT2D eigenvalue weighted by Crippen LogP contribution is 2.25. The number of carbonyl (C=O) groups is 1. The van der Waals surface area contributed by atoms with Gasteiger partial charge in [-0.3, -0.25) is 14.7 Å². The van der Waals surface area contributed by atoms with Gasteiger partial charge in [-0.15, -0.1) is 0 Å². The number of aliphatic hydroxyl groups excluding tert-OH is 1. The summed E-state index contributed by atoms with van der Waals surface area (Å²) < 4.78 is 11.1. The number of hydrogen-bond acceptors (Lipinski definition) is 8. The van der Waals surface area contributed by atoms with Crippen LogP contribution in [0.25, 0.3) is 11.6 Å². The standard InChI is InChI=1S/C24H29N5O4/c25-14-20(15-26)22-5-6-27-16-18(22)2-4-24(31)28-21-3-1-19(23(13-21)33-12-9-30)17-29-7-10-32-11-8-29/h1-6,13-16,25,30H,7-12,17,26H2,(H,28,31)/b4-2+,20-15+,25-14?. The lowest BCUT2D eigenvalue weighted by atomic mass is 10.0. The molecule has 0 spiro atoms. The molecule has 0 atom stereocenters. The van der Waals surface area contributed by atoms with E-state index in [2.05, 4.69) is 15.2 Å². The second kappa shape index (κ2) is 12.5. The maximum atomic E-state index is 12.5. The number of nitrogens with two attached hydrogens (primary N) is 1. The van der Waals surface area contributed by atoms with Gasteiger partial charge in [-0.25, -0.2) is 0 Å². The highest BCUT2D eigenvalue weighted by atomic mass is 16.5. The summed E-state index contributed by atoms with van der Waals surface area (Å²) in [6.07, 6.45) is 8.72. The van der Waals surface area contributed by atoms with Crippen molar-refractivity contribution >= 4 is 29.5 Å². The first-order valence-electron chi connectivity index (χ1n) is 10.7. The van der Waals surface area contributed by atoms with Crippen molar-refractivity contribution in [2.45, 2.75) is 6.54 Å². The van der Waals surface area contributed by atoms with Crippen LogP contribution >= 0.6 is 0 Å². The normalized spacial score (nSPS) is 14.9. The molecule has 9 heteroatoms. The molecular weight excluding hydrogens is 422 g/mol. The summed E-state index contributed by atoms with van der Waals surface area (Å²) in [6.45, 7) is 3.87. The number of hydrogen-bond donors (Lipinski definition) is 4. The van der Waals surface area contributed by atoms with Crippen LogP contribution in [0.3, 0.4) is 0 Å². The Labute approximate surface area is 193 Å². The fraction of sp³-hybridized carbons (Fsp3) is 0.292. The van der Waals surface area contributed by atoms with E-state index in [1.165, 1.54) is 12.3 Å². The number of benzene rings is 1. The molecule has 3 rings (SSSR count). The van der Waals surface area contributed by atoms with E-state index in [-0.39, 0.29) is 19.1 Å². The van der Waals surface area contributed by atoms with Crippen LogP contribution in [0.4, 0.5) is 5.69 Å². The molecule has 0 radical (unpaired) electrons. The Morgan fingerprint density at radius 1 is 1.33 bits per heavy atom. The molecule has 1 aliphatic heterocycles. The first-order chi connectivity index (χ1) is 16.1. The summed E-state index contributed by atoms with van der Waals surface area (Å²) in [7, 11) is 0. The van der Waals surface area contributed by atoms with Crippen LogP contribution in [-0.4, -0.2) is 66.6 Å². The molecule has 0 aliphatic carbocycles. The molecule has 0 saturated carbocycles.